The molecule has 1 aromatic carbocycles. The summed E-state index contributed by atoms with van der Waals surface area (Å²) in [4.78, 5) is 0. The lowest BCUT2D eigenvalue weighted by Gasteiger charge is -2.10. The van der Waals surface area contributed by atoms with E-state index >= 15 is 0 Å². The highest BCUT2D eigenvalue weighted by Gasteiger charge is 2.03. The number of hydrogen-bond acceptors (Lipinski definition) is 0. The van der Waals surface area contributed by atoms with Gasteiger partial charge in [-0.3, -0.25) is 0 Å². The third kappa shape index (κ3) is 22.5. The van der Waals surface area contributed by atoms with Crippen LogP contribution >= 0.6 is 0 Å². The van der Waals surface area contributed by atoms with Crippen molar-refractivity contribution in [3.05, 3.63) is 41.8 Å². The Morgan fingerprint density at radius 1 is 0.568 bits per heavy atom. The van der Waals surface area contributed by atoms with Gasteiger partial charge in [0.15, 0.2) is 0 Å². The largest absolute Gasteiger partial charge is 0.0979 e. The van der Waals surface area contributed by atoms with Gasteiger partial charge in [0.25, 0.3) is 0 Å². The molecule has 37 heavy (non-hydrogen) atoms. The molecule has 0 amide bonds. The fourth-order valence-corrected chi connectivity index (χ4v) is 5.18. The van der Waals surface area contributed by atoms with Crippen LogP contribution < -0.4 is 0 Å². The predicted octanol–water partition coefficient (Wildman–Crippen LogP) is 12.4. The van der Waals surface area contributed by atoms with Gasteiger partial charge in [-0.1, -0.05) is 180 Å². The zero-order valence-corrected chi connectivity index (χ0v) is 25.4. The Hall–Kier alpha value is -1.22. The molecule has 0 heteroatoms. The van der Waals surface area contributed by atoms with Crippen molar-refractivity contribution in [3.63, 3.8) is 0 Å². The maximum absolute atomic E-state index is 3.40. The van der Waals surface area contributed by atoms with E-state index in [9.17, 15) is 0 Å². The van der Waals surface area contributed by atoms with Gasteiger partial charge in [-0.15, -0.1) is 0 Å². The molecule has 0 aliphatic rings. The van der Waals surface area contributed by atoms with Crippen LogP contribution in [0.15, 0.2) is 24.3 Å². The molecule has 1 radical (unpaired) electrons. The maximum atomic E-state index is 3.40. The van der Waals surface area contributed by atoms with Crippen LogP contribution in [-0.2, 0) is 6.42 Å². The van der Waals surface area contributed by atoms with Crippen molar-refractivity contribution in [1.82, 2.24) is 0 Å². The average molecular weight is 508 g/mol. The molecule has 1 unspecified atom stereocenters. The highest BCUT2D eigenvalue weighted by Crippen LogP contribution is 2.16. The molecule has 0 nitrogen and oxygen atoms in total. The third-order valence-electron chi connectivity index (χ3n) is 7.86. The molecular formula is C37H63. The minimum Gasteiger partial charge on any atom is -0.0979 e. The van der Waals surface area contributed by atoms with E-state index < -0.39 is 0 Å². The van der Waals surface area contributed by atoms with Gasteiger partial charge in [0.05, 0.1) is 0 Å². The Morgan fingerprint density at radius 2 is 1.00 bits per heavy atom. The van der Waals surface area contributed by atoms with Crippen LogP contribution in [0.1, 0.15) is 180 Å². The Labute approximate surface area is 234 Å². The molecule has 0 fully saturated rings. The lowest BCUT2D eigenvalue weighted by molar-refractivity contribution is 0.525. The summed E-state index contributed by atoms with van der Waals surface area (Å²) >= 11 is 0. The van der Waals surface area contributed by atoms with E-state index in [2.05, 4.69) is 63.3 Å². The molecule has 0 N–H and O–H groups in total. The molecule has 0 aliphatic carbocycles. The highest BCUT2D eigenvalue weighted by molar-refractivity contribution is 5.36. The second-order valence-corrected chi connectivity index (χ2v) is 11.7. The normalized spacial score (nSPS) is 11.9. The number of unbranched alkanes of at least 4 members (excludes halogenated alkanes) is 20. The molecule has 0 heterocycles. The fraction of sp³-hybridized carbons (Fsp3) is 0.757. The van der Waals surface area contributed by atoms with Crippen LogP contribution in [0.5, 0.6) is 0 Å². The van der Waals surface area contributed by atoms with Crippen molar-refractivity contribution in [2.75, 3.05) is 0 Å². The van der Waals surface area contributed by atoms with E-state index in [0.717, 1.165) is 18.8 Å². The summed E-state index contributed by atoms with van der Waals surface area (Å²) in [6.45, 7) is 6.94. The number of rotatable bonds is 25. The summed E-state index contributed by atoms with van der Waals surface area (Å²) in [6, 6.07) is 8.92. The first-order valence-corrected chi connectivity index (χ1v) is 16.7. The van der Waals surface area contributed by atoms with E-state index in [-0.39, 0.29) is 0 Å². The summed E-state index contributed by atoms with van der Waals surface area (Å²) < 4.78 is 0. The van der Waals surface area contributed by atoms with E-state index in [1.807, 2.05) is 0 Å². The zero-order chi connectivity index (χ0) is 26.7. The SMILES string of the molecule is CCCCCCCCCCCCCCCCCCCCC#Cc1ccc(C[CH]C(C)CCCCC)cc1. The van der Waals surface area contributed by atoms with Crippen LogP contribution in [0.25, 0.3) is 0 Å². The van der Waals surface area contributed by atoms with Crippen molar-refractivity contribution in [3.8, 4) is 11.8 Å². The lowest BCUT2D eigenvalue weighted by Crippen LogP contribution is -1.98. The smallest absolute Gasteiger partial charge is 0.0245 e. The quantitative estimate of drug-likeness (QED) is 0.0911. The molecule has 0 saturated heterocycles. The summed E-state index contributed by atoms with van der Waals surface area (Å²) in [5.74, 6) is 7.49. The Kier molecular flexibility index (Phi) is 24.1. The minimum absolute atomic E-state index is 0.723. The second-order valence-electron chi connectivity index (χ2n) is 11.7. The fourth-order valence-electron chi connectivity index (χ4n) is 5.18. The van der Waals surface area contributed by atoms with Gasteiger partial charge in [-0.2, -0.15) is 0 Å². The van der Waals surface area contributed by atoms with Gasteiger partial charge in [-0.05, 0) is 42.9 Å². The van der Waals surface area contributed by atoms with Gasteiger partial charge in [-0.25, -0.2) is 0 Å². The van der Waals surface area contributed by atoms with Gasteiger partial charge in [0.1, 0.15) is 0 Å². The van der Waals surface area contributed by atoms with E-state index in [4.69, 9.17) is 0 Å². The average Bonchev–Trinajstić information content (AvgIpc) is 2.91. The van der Waals surface area contributed by atoms with Gasteiger partial charge >= 0.3 is 0 Å². The molecular weight excluding hydrogens is 444 g/mol. The minimum atomic E-state index is 0.723. The van der Waals surface area contributed by atoms with Crippen LogP contribution in [0.3, 0.4) is 0 Å². The second kappa shape index (κ2) is 26.4. The molecule has 0 aliphatic heterocycles. The Morgan fingerprint density at radius 3 is 1.49 bits per heavy atom. The first-order valence-electron chi connectivity index (χ1n) is 16.7. The summed E-state index contributed by atoms with van der Waals surface area (Å²) in [6.07, 6.45) is 35.7. The summed E-state index contributed by atoms with van der Waals surface area (Å²) in [5, 5.41) is 0. The van der Waals surface area contributed by atoms with E-state index in [0.29, 0.717) is 0 Å². The monoisotopic (exact) mass is 507 g/mol. The van der Waals surface area contributed by atoms with Crippen molar-refractivity contribution >= 4 is 0 Å². The molecule has 0 aromatic heterocycles. The van der Waals surface area contributed by atoms with Crippen LogP contribution in [0.4, 0.5) is 0 Å². The molecule has 211 valence electrons. The third-order valence-corrected chi connectivity index (χ3v) is 7.86. The lowest BCUT2D eigenvalue weighted by atomic mass is 9.95. The van der Waals surface area contributed by atoms with Crippen LogP contribution in [0, 0.1) is 24.2 Å². The molecule has 0 bridgehead atoms. The molecule has 0 spiro atoms. The number of benzene rings is 1. The van der Waals surface area contributed by atoms with Crippen molar-refractivity contribution in [2.45, 2.75) is 175 Å². The molecule has 0 saturated carbocycles. The topological polar surface area (TPSA) is 0 Å². The highest BCUT2D eigenvalue weighted by atomic mass is 14.1. The van der Waals surface area contributed by atoms with Gasteiger partial charge in [0, 0.05) is 12.0 Å². The first kappa shape index (κ1) is 33.8. The maximum Gasteiger partial charge on any atom is 0.0245 e. The Balaban J connectivity index is 1.89. The van der Waals surface area contributed by atoms with Crippen molar-refractivity contribution in [2.24, 2.45) is 5.92 Å². The van der Waals surface area contributed by atoms with Crippen molar-refractivity contribution < 1.29 is 0 Å². The van der Waals surface area contributed by atoms with E-state index in [1.54, 1.807) is 0 Å². The zero-order valence-electron chi connectivity index (χ0n) is 25.4. The standard InChI is InChI=1S/C37H63/c1-4-6-8-9-10-11-12-13-14-15-16-17-18-19-20-21-22-23-24-26-28-36-31-33-37(34-32-36)30-29-35(3)27-25-7-5-2/h29,31-35H,4-25,27,30H2,1-3H3. The van der Waals surface area contributed by atoms with Gasteiger partial charge in [0.2, 0.25) is 0 Å². The molecule has 1 atom stereocenters. The summed E-state index contributed by atoms with van der Waals surface area (Å²) in [5.41, 5.74) is 2.58. The van der Waals surface area contributed by atoms with E-state index in [1.165, 1.54) is 152 Å². The van der Waals surface area contributed by atoms with Crippen molar-refractivity contribution in [1.29, 1.82) is 0 Å². The van der Waals surface area contributed by atoms with Crippen LogP contribution in [-0.4, -0.2) is 0 Å². The number of hydrogen-bond donors (Lipinski definition) is 0. The predicted molar refractivity (Wildman–Crippen MR) is 168 cm³/mol. The molecule has 1 rings (SSSR count). The summed E-state index contributed by atoms with van der Waals surface area (Å²) in [7, 11) is 0. The Bertz CT molecular complexity index is 643. The van der Waals surface area contributed by atoms with Crippen LogP contribution in [0.2, 0.25) is 0 Å². The molecule has 1 aromatic rings. The van der Waals surface area contributed by atoms with Gasteiger partial charge < -0.3 is 0 Å². The first-order chi connectivity index (χ1) is 18.3.